The van der Waals surface area contributed by atoms with Crippen molar-refractivity contribution in [3.05, 3.63) is 92.2 Å². The van der Waals surface area contributed by atoms with Crippen LogP contribution in [0.15, 0.2) is 67.2 Å². The van der Waals surface area contributed by atoms with E-state index in [1.54, 1.807) is 35.9 Å². The zero-order valence-electron chi connectivity index (χ0n) is 26.1. The van der Waals surface area contributed by atoms with Crippen molar-refractivity contribution in [2.75, 3.05) is 35.8 Å². The van der Waals surface area contributed by atoms with E-state index in [1.165, 1.54) is 11.1 Å². The number of rotatable bonds is 8. The number of anilines is 4. The number of hydrogen-bond donors (Lipinski definition) is 4. The fourth-order valence-electron chi connectivity index (χ4n) is 4.51. The van der Waals surface area contributed by atoms with E-state index >= 15 is 0 Å². The van der Waals surface area contributed by atoms with Crippen molar-refractivity contribution >= 4 is 61.6 Å². The highest BCUT2D eigenvalue weighted by molar-refractivity contribution is 9.08. The minimum Gasteiger partial charge on any atom is -0.396 e. The number of thiophene rings is 2. The molecule has 0 aliphatic rings. The van der Waals surface area contributed by atoms with Gasteiger partial charge in [0, 0.05) is 60.6 Å². The van der Waals surface area contributed by atoms with Gasteiger partial charge in [-0.1, -0.05) is 26.2 Å². The number of nitrogens with two attached hydrogens (primary N) is 1. The number of aromatic nitrogens is 4. The summed E-state index contributed by atoms with van der Waals surface area (Å²) in [6, 6.07) is 8.17. The highest BCUT2D eigenvalue weighted by Crippen LogP contribution is 2.32. The molecular formula is C32H37BrN8O2S2. The van der Waals surface area contributed by atoms with Crippen molar-refractivity contribution in [2.24, 2.45) is 0 Å². The van der Waals surface area contributed by atoms with Crippen molar-refractivity contribution < 1.29 is 9.05 Å². The number of aryl methyl sites for hydroxylation is 4. The topological polar surface area (TPSA) is 140 Å². The van der Waals surface area contributed by atoms with Crippen molar-refractivity contribution in [3.63, 3.8) is 0 Å². The van der Waals surface area contributed by atoms with Crippen LogP contribution in [0.25, 0.3) is 22.3 Å². The highest BCUT2D eigenvalue weighted by Gasteiger charge is 2.15. The minimum atomic E-state index is 0.611. The molecule has 0 aliphatic carbocycles. The highest BCUT2D eigenvalue weighted by atomic mass is 79.9. The average molecular weight is 710 g/mol. The molecule has 6 rings (SSSR count). The fourth-order valence-corrected chi connectivity index (χ4v) is 6.41. The van der Waals surface area contributed by atoms with Gasteiger partial charge in [-0.15, -0.1) is 0 Å². The maximum absolute atomic E-state index is 5.86. The van der Waals surface area contributed by atoms with Crippen LogP contribution >= 0.6 is 38.6 Å². The molecule has 5 N–H and O–H groups in total. The standard InChI is InChI=1S/C16H18N4OS.C11H14N4O.C5H5BrS/c1-10-15(11(2)21-20-10)13-6-14(16(17-3)19-8-13)18-7-12-4-5-22-9-12;1-6-10(7(2)16-15-6)8-4-9(12)11(13-3)14-5-8;6-3-5-1-2-7-4-5/h4-6,8-9,18H,7H2,1-3H3,(H,17,19);4-5H,12H2,1-3H3,(H,13,14);1-2,4H,3H2. The summed E-state index contributed by atoms with van der Waals surface area (Å²) in [6.45, 7) is 8.40. The molecule has 6 heterocycles. The van der Waals surface area contributed by atoms with E-state index in [0.29, 0.717) is 11.5 Å². The second kappa shape index (κ2) is 16.2. The van der Waals surface area contributed by atoms with Gasteiger partial charge >= 0.3 is 0 Å². The Hall–Kier alpha value is -4.20. The van der Waals surface area contributed by atoms with Gasteiger partial charge in [-0.3, -0.25) is 0 Å². The average Bonchev–Trinajstić information content (AvgIpc) is 3.87. The molecule has 10 nitrogen and oxygen atoms in total. The van der Waals surface area contributed by atoms with E-state index in [-0.39, 0.29) is 0 Å². The Kier molecular flexibility index (Phi) is 12.1. The third kappa shape index (κ3) is 8.71. The van der Waals surface area contributed by atoms with Crippen LogP contribution in [0, 0.1) is 27.7 Å². The lowest BCUT2D eigenvalue weighted by atomic mass is 10.1. The normalized spacial score (nSPS) is 10.4. The Balaban J connectivity index is 0.000000174. The zero-order valence-corrected chi connectivity index (χ0v) is 29.3. The lowest BCUT2D eigenvalue weighted by molar-refractivity contribution is 0.393. The van der Waals surface area contributed by atoms with E-state index in [4.69, 9.17) is 14.8 Å². The Labute approximate surface area is 279 Å². The maximum atomic E-state index is 5.86. The van der Waals surface area contributed by atoms with Crippen LogP contribution in [-0.2, 0) is 11.9 Å². The second-order valence-electron chi connectivity index (χ2n) is 9.93. The Morgan fingerprint density at radius 1 is 0.778 bits per heavy atom. The number of nitrogen functional groups attached to an aromatic ring is 1. The van der Waals surface area contributed by atoms with Crippen molar-refractivity contribution in [2.45, 2.75) is 39.6 Å². The van der Waals surface area contributed by atoms with E-state index in [9.17, 15) is 0 Å². The van der Waals surface area contributed by atoms with Crippen LogP contribution in [0.5, 0.6) is 0 Å². The second-order valence-corrected chi connectivity index (χ2v) is 12.1. The first kappa shape index (κ1) is 33.7. The summed E-state index contributed by atoms with van der Waals surface area (Å²) < 4.78 is 10.4. The number of alkyl halides is 1. The first-order valence-electron chi connectivity index (χ1n) is 14.0. The van der Waals surface area contributed by atoms with Crippen molar-refractivity contribution in [1.29, 1.82) is 0 Å². The largest absolute Gasteiger partial charge is 0.396 e. The molecular weight excluding hydrogens is 672 g/mol. The molecule has 0 saturated heterocycles. The smallest absolute Gasteiger partial charge is 0.149 e. The summed E-state index contributed by atoms with van der Waals surface area (Å²) in [5.41, 5.74) is 15.7. The lowest BCUT2D eigenvalue weighted by Gasteiger charge is -2.12. The maximum Gasteiger partial charge on any atom is 0.149 e. The van der Waals surface area contributed by atoms with Gasteiger partial charge in [-0.05, 0) is 84.6 Å². The van der Waals surface area contributed by atoms with E-state index < -0.39 is 0 Å². The van der Waals surface area contributed by atoms with Gasteiger partial charge in [-0.2, -0.15) is 22.7 Å². The molecule has 0 saturated carbocycles. The van der Waals surface area contributed by atoms with Crippen LogP contribution in [0.3, 0.4) is 0 Å². The van der Waals surface area contributed by atoms with Crippen LogP contribution < -0.4 is 21.7 Å². The Morgan fingerprint density at radius 2 is 1.31 bits per heavy atom. The monoisotopic (exact) mass is 708 g/mol. The molecule has 6 aromatic heterocycles. The summed E-state index contributed by atoms with van der Waals surface area (Å²) in [6.07, 6.45) is 3.60. The summed E-state index contributed by atoms with van der Waals surface area (Å²) in [4.78, 5) is 8.72. The lowest BCUT2D eigenvalue weighted by Crippen LogP contribution is -2.04. The van der Waals surface area contributed by atoms with Crippen LogP contribution in [-0.4, -0.2) is 34.4 Å². The number of nitrogens with zero attached hydrogens (tertiary/aromatic N) is 4. The van der Waals surface area contributed by atoms with E-state index in [1.807, 2.05) is 47.0 Å². The van der Waals surface area contributed by atoms with Gasteiger partial charge in [0.15, 0.2) is 0 Å². The molecule has 0 aromatic carbocycles. The molecule has 0 spiro atoms. The first-order chi connectivity index (χ1) is 21.7. The van der Waals surface area contributed by atoms with E-state index in [0.717, 1.165) is 68.5 Å². The molecule has 0 aliphatic heterocycles. The van der Waals surface area contributed by atoms with Crippen molar-refractivity contribution in [3.8, 4) is 22.3 Å². The van der Waals surface area contributed by atoms with Gasteiger partial charge in [0.25, 0.3) is 0 Å². The summed E-state index contributed by atoms with van der Waals surface area (Å²) in [7, 11) is 3.65. The van der Waals surface area contributed by atoms with Crippen molar-refractivity contribution in [1.82, 2.24) is 20.3 Å². The molecule has 0 atom stereocenters. The Morgan fingerprint density at radius 3 is 1.73 bits per heavy atom. The predicted molar refractivity (Wildman–Crippen MR) is 191 cm³/mol. The van der Waals surface area contributed by atoms with Gasteiger partial charge in [0.1, 0.15) is 23.2 Å². The van der Waals surface area contributed by atoms with Crippen LogP contribution in [0.1, 0.15) is 34.0 Å². The third-order valence-corrected chi connectivity index (χ3v) is 8.83. The molecule has 236 valence electrons. The summed E-state index contributed by atoms with van der Waals surface area (Å²) in [5, 5.41) is 26.8. The van der Waals surface area contributed by atoms with Gasteiger partial charge in [-0.25, -0.2) is 9.97 Å². The van der Waals surface area contributed by atoms with Gasteiger partial charge < -0.3 is 30.7 Å². The predicted octanol–water partition coefficient (Wildman–Crippen LogP) is 8.69. The zero-order chi connectivity index (χ0) is 32.3. The SMILES string of the molecule is BrCc1ccsc1.CNc1ncc(-c2c(C)noc2C)cc1N.CNc1ncc(-c2c(C)noc2C)cc1NCc1ccsc1. The number of nitrogens with one attached hydrogen (secondary N) is 3. The molecule has 0 amide bonds. The molecule has 13 heteroatoms. The molecule has 0 radical (unpaired) electrons. The number of halogens is 1. The van der Waals surface area contributed by atoms with Gasteiger partial charge in [0.05, 0.1) is 22.8 Å². The molecule has 0 bridgehead atoms. The van der Waals surface area contributed by atoms with Gasteiger partial charge in [0.2, 0.25) is 0 Å². The summed E-state index contributed by atoms with van der Waals surface area (Å²) >= 11 is 6.78. The fraction of sp³-hybridized carbons (Fsp3) is 0.250. The molecule has 0 unspecified atom stereocenters. The quantitative estimate of drug-likeness (QED) is 0.114. The minimum absolute atomic E-state index is 0.611. The third-order valence-electron chi connectivity index (χ3n) is 6.72. The molecule has 45 heavy (non-hydrogen) atoms. The van der Waals surface area contributed by atoms with E-state index in [2.05, 4.69) is 91.9 Å². The first-order valence-corrected chi connectivity index (χ1v) is 17.1. The van der Waals surface area contributed by atoms with Crippen LogP contribution in [0.2, 0.25) is 0 Å². The number of hydrogen-bond acceptors (Lipinski definition) is 12. The molecule has 6 aromatic rings. The summed E-state index contributed by atoms with van der Waals surface area (Å²) in [5.74, 6) is 3.08. The van der Waals surface area contributed by atoms with Crippen LogP contribution in [0.4, 0.5) is 23.0 Å². The molecule has 0 fully saturated rings. The Bertz CT molecular complexity index is 1740. The number of pyridine rings is 2.